The lowest BCUT2D eigenvalue weighted by Crippen LogP contribution is -2.34. The number of aromatic nitrogens is 1. The minimum Gasteiger partial charge on any atom is -0.494 e. The maximum absolute atomic E-state index is 12.8. The van der Waals surface area contributed by atoms with Gasteiger partial charge in [-0.15, -0.1) is 0 Å². The first kappa shape index (κ1) is 15.9. The molecule has 0 N–H and O–H groups in total. The monoisotopic (exact) mass is 314 g/mol. The van der Waals surface area contributed by atoms with Gasteiger partial charge in [0, 0.05) is 24.4 Å². The van der Waals surface area contributed by atoms with Crippen LogP contribution in [0.4, 0.5) is 4.39 Å². The fourth-order valence-electron chi connectivity index (χ4n) is 3.08. The maximum atomic E-state index is 12.8. The molecule has 0 amide bonds. The Morgan fingerprint density at radius 3 is 2.57 bits per heavy atom. The molecular formula is C19H23FN2O. The maximum Gasteiger partial charge on any atom is 0.123 e. The quantitative estimate of drug-likeness (QED) is 0.757. The number of hydrogen-bond donors (Lipinski definition) is 0. The van der Waals surface area contributed by atoms with Crippen LogP contribution in [0.25, 0.3) is 0 Å². The lowest BCUT2D eigenvalue weighted by molar-refractivity contribution is 0.192. The summed E-state index contributed by atoms with van der Waals surface area (Å²) in [4.78, 5) is 6.97. The smallest absolute Gasteiger partial charge is 0.123 e. The largest absolute Gasteiger partial charge is 0.494 e. The lowest BCUT2D eigenvalue weighted by atomic mass is 9.93. The summed E-state index contributed by atoms with van der Waals surface area (Å²) in [5.74, 6) is 1.11. The van der Waals surface area contributed by atoms with Gasteiger partial charge in [-0.1, -0.05) is 6.07 Å². The molecule has 0 aliphatic carbocycles. The zero-order chi connectivity index (χ0) is 15.9. The third-order valence-corrected chi connectivity index (χ3v) is 4.39. The highest BCUT2D eigenvalue weighted by Crippen LogP contribution is 2.26. The Hall–Kier alpha value is -1.94. The highest BCUT2D eigenvalue weighted by atomic mass is 19.1. The Kier molecular flexibility index (Phi) is 5.59. The van der Waals surface area contributed by atoms with Crippen LogP contribution < -0.4 is 4.74 Å². The summed E-state index contributed by atoms with van der Waals surface area (Å²) < 4.78 is 18.4. The molecule has 0 radical (unpaired) electrons. The van der Waals surface area contributed by atoms with Crippen LogP contribution in [-0.2, 0) is 0 Å². The van der Waals surface area contributed by atoms with Gasteiger partial charge in [-0.3, -0.25) is 4.98 Å². The normalized spacial score (nSPS) is 16.4. The molecule has 0 unspecified atom stereocenters. The number of likely N-dealkylation sites (tertiary alicyclic amines) is 1. The van der Waals surface area contributed by atoms with Crippen molar-refractivity contribution in [2.45, 2.75) is 25.2 Å². The molecule has 2 aromatic rings. The summed E-state index contributed by atoms with van der Waals surface area (Å²) >= 11 is 0. The highest BCUT2D eigenvalue weighted by molar-refractivity contribution is 5.21. The van der Waals surface area contributed by atoms with Crippen LogP contribution in [0.1, 0.15) is 30.9 Å². The Balaban J connectivity index is 1.34. The molecule has 0 spiro atoms. The Morgan fingerprint density at radius 2 is 1.87 bits per heavy atom. The van der Waals surface area contributed by atoms with Crippen molar-refractivity contribution in [2.75, 3.05) is 26.2 Å². The molecule has 0 bridgehead atoms. The molecule has 1 aliphatic heterocycles. The SMILES string of the molecule is Fc1ccc(OCCCN2CCC(c3ccccn3)CC2)cc1. The number of hydrogen-bond acceptors (Lipinski definition) is 3. The predicted molar refractivity (Wildman–Crippen MR) is 89.2 cm³/mol. The van der Waals surface area contributed by atoms with Gasteiger partial charge in [0.15, 0.2) is 0 Å². The summed E-state index contributed by atoms with van der Waals surface area (Å²) in [6.07, 6.45) is 5.23. The molecule has 0 atom stereocenters. The Morgan fingerprint density at radius 1 is 1.09 bits per heavy atom. The van der Waals surface area contributed by atoms with E-state index >= 15 is 0 Å². The molecule has 2 heterocycles. The molecule has 4 heteroatoms. The van der Waals surface area contributed by atoms with Crippen LogP contribution >= 0.6 is 0 Å². The Labute approximate surface area is 137 Å². The molecule has 3 nitrogen and oxygen atoms in total. The van der Waals surface area contributed by atoms with Crippen molar-refractivity contribution >= 4 is 0 Å². The van der Waals surface area contributed by atoms with Gasteiger partial charge in [-0.05, 0) is 68.8 Å². The standard InChI is InChI=1S/C19H23FN2O/c20-17-5-7-18(8-6-17)23-15-3-12-22-13-9-16(10-14-22)19-4-1-2-11-21-19/h1-2,4-8,11,16H,3,9-10,12-15H2. The van der Waals surface area contributed by atoms with Gasteiger partial charge in [-0.2, -0.15) is 0 Å². The van der Waals surface area contributed by atoms with E-state index in [-0.39, 0.29) is 5.82 Å². The van der Waals surface area contributed by atoms with Crippen LogP contribution in [-0.4, -0.2) is 36.1 Å². The zero-order valence-electron chi connectivity index (χ0n) is 13.3. The van der Waals surface area contributed by atoms with E-state index in [0.717, 1.165) is 31.8 Å². The van der Waals surface area contributed by atoms with Crippen LogP contribution in [0.3, 0.4) is 0 Å². The number of rotatable bonds is 6. The van der Waals surface area contributed by atoms with Crippen LogP contribution in [0.5, 0.6) is 5.75 Å². The van der Waals surface area contributed by atoms with Gasteiger partial charge in [0.05, 0.1) is 6.61 Å². The minimum atomic E-state index is -0.229. The average Bonchev–Trinajstić information content (AvgIpc) is 2.62. The van der Waals surface area contributed by atoms with E-state index in [1.54, 1.807) is 12.1 Å². The molecule has 1 aromatic heterocycles. The third-order valence-electron chi connectivity index (χ3n) is 4.39. The van der Waals surface area contributed by atoms with E-state index in [0.29, 0.717) is 12.5 Å². The van der Waals surface area contributed by atoms with Crippen molar-refractivity contribution in [3.8, 4) is 5.75 Å². The Bertz CT molecular complexity index is 580. The van der Waals surface area contributed by atoms with Crippen molar-refractivity contribution in [1.29, 1.82) is 0 Å². The van der Waals surface area contributed by atoms with E-state index in [1.165, 1.54) is 30.7 Å². The fraction of sp³-hybridized carbons (Fsp3) is 0.421. The summed E-state index contributed by atoms with van der Waals surface area (Å²) in [6.45, 7) is 3.97. The fourth-order valence-corrected chi connectivity index (χ4v) is 3.08. The number of pyridine rings is 1. The third kappa shape index (κ3) is 4.76. The van der Waals surface area contributed by atoms with Crippen molar-refractivity contribution in [1.82, 2.24) is 9.88 Å². The van der Waals surface area contributed by atoms with Crippen LogP contribution in [0.2, 0.25) is 0 Å². The van der Waals surface area contributed by atoms with E-state index in [9.17, 15) is 4.39 Å². The van der Waals surface area contributed by atoms with Crippen molar-refractivity contribution in [3.63, 3.8) is 0 Å². The highest BCUT2D eigenvalue weighted by Gasteiger charge is 2.20. The molecule has 1 saturated heterocycles. The van der Waals surface area contributed by atoms with Crippen LogP contribution in [0.15, 0.2) is 48.7 Å². The molecule has 1 aromatic carbocycles. The number of halogens is 1. The van der Waals surface area contributed by atoms with Gasteiger partial charge < -0.3 is 9.64 Å². The first-order chi connectivity index (χ1) is 11.3. The second-order valence-electron chi connectivity index (χ2n) is 6.03. The van der Waals surface area contributed by atoms with Crippen LogP contribution in [0, 0.1) is 5.82 Å². The van der Waals surface area contributed by atoms with Crippen molar-refractivity contribution in [2.24, 2.45) is 0 Å². The minimum absolute atomic E-state index is 0.229. The molecule has 3 rings (SSSR count). The van der Waals surface area contributed by atoms with Crippen molar-refractivity contribution < 1.29 is 9.13 Å². The first-order valence-electron chi connectivity index (χ1n) is 8.33. The van der Waals surface area contributed by atoms with E-state index in [4.69, 9.17) is 4.74 Å². The molecule has 1 aliphatic rings. The topological polar surface area (TPSA) is 25.4 Å². The number of nitrogens with zero attached hydrogens (tertiary/aromatic N) is 2. The molecule has 1 fully saturated rings. The predicted octanol–water partition coefficient (Wildman–Crippen LogP) is 3.87. The number of benzene rings is 1. The van der Waals surface area contributed by atoms with Gasteiger partial charge in [0.25, 0.3) is 0 Å². The van der Waals surface area contributed by atoms with Gasteiger partial charge in [0.2, 0.25) is 0 Å². The molecule has 23 heavy (non-hydrogen) atoms. The summed E-state index contributed by atoms with van der Waals surface area (Å²) in [7, 11) is 0. The second-order valence-corrected chi connectivity index (χ2v) is 6.03. The molecule has 0 saturated carbocycles. The number of piperidine rings is 1. The zero-order valence-corrected chi connectivity index (χ0v) is 13.3. The summed E-state index contributed by atoms with van der Waals surface area (Å²) in [5, 5.41) is 0. The van der Waals surface area contributed by atoms with Crippen molar-refractivity contribution in [3.05, 3.63) is 60.2 Å². The van der Waals surface area contributed by atoms with E-state index in [1.807, 2.05) is 12.3 Å². The average molecular weight is 314 g/mol. The molecular weight excluding hydrogens is 291 g/mol. The number of ether oxygens (including phenoxy) is 1. The summed E-state index contributed by atoms with van der Waals surface area (Å²) in [5.41, 5.74) is 1.23. The van der Waals surface area contributed by atoms with Gasteiger partial charge >= 0.3 is 0 Å². The lowest BCUT2D eigenvalue weighted by Gasteiger charge is -2.31. The van der Waals surface area contributed by atoms with E-state index in [2.05, 4.69) is 22.0 Å². The summed E-state index contributed by atoms with van der Waals surface area (Å²) in [6, 6.07) is 12.4. The second kappa shape index (κ2) is 8.06. The first-order valence-corrected chi connectivity index (χ1v) is 8.33. The molecule has 122 valence electrons. The van der Waals surface area contributed by atoms with E-state index < -0.39 is 0 Å². The van der Waals surface area contributed by atoms with Gasteiger partial charge in [-0.25, -0.2) is 4.39 Å². The van der Waals surface area contributed by atoms with Gasteiger partial charge in [0.1, 0.15) is 11.6 Å².